The Morgan fingerprint density at radius 2 is 2.12 bits per heavy atom. The smallest absolute Gasteiger partial charge is 0.264 e. The van der Waals surface area contributed by atoms with Crippen molar-refractivity contribution in [3.63, 3.8) is 0 Å². The van der Waals surface area contributed by atoms with Gasteiger partial charge in [0.05, 0.1) is 36.1 Å². The van der Waals surface area contributed by atoms with E-state index in [1.807, 2.05) is 0 Å². The van der Waals surface area contributed by atoms with Gasteiger partial charge in [0.15, 0.2) is 0 Å². The fourth-order valence-corrected chi connectivity index (χ4v) is 4.26. The van der Waals surface area contributed by atoms with Gasteiger partial charge in [0.25, 0.3) is 15.9 Å². The number of nitrogens with zero attached hydrogens (tertiary/aromatic N) is 2. The number of aliphatic hydroxyl groups excluding tert-OH is 2. The van der Waals surface area contributed by atoms with Crippen molar-refractivity contribution in [3.05, 3.63) is 34.4 Å². The SMILES string of the molecule is COc1nc(SCC(O)CO)cnc1NS(=O)(=O)c1cccc(Cl)c1Cl. The third-order valence-electron chi connectivity index (χ3n) is 2.98. The average molecular weight is 440 g/mol. The van der Waals surface area contributed by atoms with Gasteiger partial charge in [0.2, 0.25) is 5.82 Å². The lowest BCUT2D eigenvalue weighted by molar-refractivity contribution is 0.113. The molecular weight excluding hydrogens is 425 g/mol. The third-order valence-corrected chi connectivity index (χ3v) is 6.34. The highest BCUT2D eigenvalue weighted by molar-refractivity contribution is 7.99. The molecule has 0 aliphatic rings. The van der Waals surface area contributed by atoms with Crippen LogP contribution in [-0.4, -0.2) is 54.2 Å². The Balaban J connectivity index is 2.27. The van der Waals surface area contributed by atoms with E-state index in [0.717, 1.165) is 11.8 Å². The molecule has 2 rings (SSSR count). The van der Waals surface area contributed by atoms with Gasteiger partial charge in [-0.25, -0.2) is 18.4 Å². The molecule has 1 atom stereocenters. The van der Waals surface area contributed by atoms with Crippen LogP contribution in [0.15, 0.2) is 34.3 Å². The maximum absolute atomic E-state index is 12.5. The second-order valence-electron chi connectivity index (χ2n) is 4.87. The summed E-state index contributed by atoms with van der Waals surface area (Å²) in [6, 6.07) is 4.23. The summed E-state index contributed by atoms with van der Waals surface area (Å²) in [5.41, 5.74) is 0. The molecular formula is C14H15Cl2N3O5S2. The standard InChI is InChI=1S/C14H15Cl2N3O5S2/c1-24-14-13(17-5-11(18-14)25-7-8(21)6-20)19-26(22,23)10-4-2-3-9(15)12(10)16/h2-5,8,20-21H,6-7H2,1H3,(H,17,19). The number of rotatable bonds is 8. The van der Waals surface area contributed by atoms with Crippen LogP contribution in [0, 0.1) is 0 Å². The summed E-state index contributed by atoms with van der Waals surface area (Å²) >= 11 is 12.9. The number of anilines is 1. The van der Waals surface area contributed by atoms with Gasteiger partial charge in [0, 0.05) is 5.75 Å². The van der Waals surface area contributed by atoms with Gasteiger partial charge in [-0.15, -0.1) is 11.8 Å². The van der Waals surface area contributed by atoms with Crippen LogP contribution in [0.4, 0.5) is 5.82 Å². The first-order valence-electron chi connectivity index (χ1n) is 7.08. The highest BCUT2D eigenvalue weighted by Crippen LogP contribution is 2.31. The van der Waals surface area contributed by atoms with E-state index in [0.29, 0.717) is 5.03 Å². The Kier molecular flexibility index (Phi) is 7.33. The van der Waals surface area contributed by atoms with E-state index in [4.69, 9.17) is 33.0 Å². The van der Waals surface area contributed by atoms with Crippen LogP contribution < -0.4 is 9.46 Å². The molecule has 0 amide bonds. The number of methoxy groups -OCH3 is 1. The molecule has 0 fully saturated rings. The van der Waals surface area contributed by atoms with E-state index in [1.165, 1.54) is 31.5 Å². The largest absolute Gasteiger partial charge is 0.478 e. The number of nitrogens with one attached hydrogen (secondary N) is 1. The molecule has 142 valence electrons. The molecule has 0 aliphatic carbocycles. The summed E-state index contributed by atoms with van der Waals surface area (Å²) in [5.74, 6) is 0.00293. The number of hydrogen-bond acceptors (Lipinski definition) is 8. The molecule has 0 aliphatic heterocycles. The minimum atomic E-state index is -4.07. The summed E-state index contributed by atoms with van der Waals surface area (Å²) in [6.07, 6.45) is 0.408. The summed E-state index contributed by atoms with van der Waals surface area (Å²) in [4.78, 5) is 7.90. The van der Waals surface area contributed by atoms with Crippen LogP contribution in [0.5, 0.6) is 5.88 Å². The molecule has 1 aromatic heterocycles. The molecule has 8 nitrogen and oxygen atoms in total. The maximum atomic E-state index is 12.5. The Hall–Kier alpha value is -1.30. The zero-order valence-corrected chi connectivity index (χ0v) is 16.5. The van der Waals surface area contributed by atoms with Gasteiger partial charge in [-0.2, -0.15) is 0 Å². The molecule has 2 aromatic rings. The van der Waals surface area contributed by atoms with Crippen molar-refractivity contribution < 1.29 is 23.4 Å². The molecule has 1 unspecified atom stereocenters. The molecule has 26 heavy (non-hydrogen) atoms. The van der Waals surface area contributed by atoms with Gasteiger partial charge in [-0.1, -0.05) is 29.3 Å². The zero-order valence-electron chi connectivity index (χ0n) is 13.4. The predicted octanol–water partition coefficient (Wildman–Crippen LogP) is 2.04. The lowest BCUT2D eigenvalue weighted by atomic mass is 10.4. The van der Waals surface area contributed by atoms with Crippen molar-refractivity contribution in [1.29, 1.82) is 0 Å². The van der Waals surface area contributed by atoms with Gasteiger partial charge in [0.1, 0.15) is 9.92 Å². The van der Waals surface area contributed by atoms with E-state index in [-0.39, 0.29) is 39.0 Å². The Labute approximate surface area is 164 Å². The number of aliphatic hydroxyl groups is 2. The summed E-state index contributed by atoms with van der Waals surface area (Å²) in [7, 11) is -2.76. The van der Waals surface area contributed by atoms with Crippen molar-refractivity contribution in [2.45, 2.75) is 16.0 Å². The first-order valence-corrected chi connectivity index (χ1v) is 10.3. The number of ether oxygens (including phenoxy) is 1. The number of benzene rings is 1. The van der Waals surface area contributed by atoms with Crippen LogP contribution in [0.3, 0.4) is 0 Å². The van der Waals surface area contributed by atoms with E-state index in [9.17, 15) is 13.5 Å². The van der Waals surface area contributed by atoms with Crippen LogP contribution in [0.25, 0.3) is 0 Å². The summed E-state index contributed by atoms with van der Waals surface area (Å²) in [6.45, 7) is -0.379. The average Bonchev–Trinajstić information content (AvgIpc) is 2.62. The monoisotopic (exact) mass is 439 g/mol. The van der Waals surface area contributed by atoms with Crippen molar-refractivity contribution in [1.82, 2.24) is 9.97 Å². The molecule has 1 heterocycles. The highest BCUT2D eigenvalue weighted by atomic mass is 35.5. The first-order chi connectivity index (χ1) is 12.3. The number of aromatic nitrogens is 2. The Bertz CT molecular complexity index is 883. The molecule has 12 heteroatoms. The van der Waals surface area contributed by atoms with Gasteiger partial charge < -0.3 is 14.9 Å². The topological polar surface area (TPSA) is 122 Å². The van der Waals surface area contributed by atoms with Crippen LogP contribution in [0.1, 0.15) is 0 Å². The lowest BCUT2D eigenvalue weighted by Gasteiger charge is -2.12. The van der Waals surface area contributed by atoms with Crippen LogP contribution >= 0.6 is 35.0 Å². The summed E-state index contributed by atoms with van der Waals surface area (Å²) in [5, 5.41) is 18.6. The second-order valence-corrected chi connectivity index (χ2v) is 8.35. The number of sulfonamides is 1. The molecule has 0 radical (unpaired) electrons. The highest BCUT2D eigenvalue weighted by Gasteiger charge is 2.22. The van der Waals surface area contributed by atoms with E-state index < -0.39 is 16.1 Å². The predicted molar refractivity (Wildman–Crippen MR) is 99.7 cm³/mol. The molecule has 1 aromatic carbocycles. The summed E-state index contributed by atoms with van der Waals surface area (Å²) < 4.78 is 32.4. The Morgan fingerprint density at radius 3 is 2.77 bits per heavy atom. The minimum Gasteiger partial charge on any atom is -0.478 e. The fourth-order valence-electron chi connectivity index (χ4n) is 1.75. The van der Waals surface area contributed by atoms with E-state index in [1.54, 1.807) is 0 Å². The molecule has 0 bridgehead atoms. The van der Waals surface area contributed by atoms with E-state index >= 15 is 0 Å². The van der Waals surface area contributed by atoms with Crippen molar-refractivity contribution in [2.24, 2.45) is 0 Å². The van der Waals surface area contributed by atoms with Crippen molar-refractivity contribution >= 4 is 50.8 Å². The molecule has 0 spiro atoms. The van der Waals surface area contributed by atoms with Gasteiger partial charge >= 0.3 is 0 Å². The first kappa shape index (κ1) is 21.0. The van der Waals surface area contributed by atoms with Crippen LogP contribution in [-0.2, 0) is 10.0 Å². The molecule has 0 saturated heterocycles. The van der Waals surface area contributed by atoms with E-state index in [2.05, 4.69) is 14.7 Å². The second kappa shape index (κ2) is 9.07. The normalized spacial score (nSPS) is 12.7. The van der Waals surface area contributed by atoms with Crippen molar-refractivity contribution in [3.8, 4) is 5.88 Å². The fraction of sp³-hybridized carbons (Fsp3) is 0.286. The number of hydrogen-bond donors (Lipinski definition) is 3. The zero-order chi connectivity index (χ0) is 19.3. The third kappa shape index (κ3) is 5.12. The number of thioether (sulfide) groups is 1. The Morgan fingerprint density at radius 1 is 1.38 bits per heavy atom. The van der Waals surface area contributed by atoms with Gasteiger partial charge in [-0.05, 0) is 12.1 Å². The lowest BCUT2D eigenvalue weighted by Crippen LogP contribution is -2.16. The van der Waals surface area contributed by atoms with Crippen molar-refractivity contribution in [2.75, 3.05) is 24.2 Å². The molecule has 3 N–H and O–H groups in total. The number of halogens is 2. The van der Waals surface area contributed by atoms with Gasteiger partial charge in [-0.3, -0.25) is 4.72 Å². The quantitative estimate of drug-likeness (QED) is 0.534. The maximum Gasteiger partial charge on any atom is 0.264 e. The van der Waals surface area contributed by atoms with Crippen LogP contribution in [0.2, 0.25) is 10.0 Å². The molecule has 0 saturated carbocycles. The minimum absolute atomic E-state index is 0.0600.